The summed E-state index contributed by atoms with van der Waals surface area (Å²) in [6, 6.07) is 12.6. The Morgan fingerprint density at radius 1 is 0.893 bits per heavy atom. The zero-order chi connectivity index (χ0) is 20.1. The molecule has 1 aromatic heterocycles. The molecule has 3 rings (SSSR count). The van der Waals surface area contributed by atoms with Gasteiger partial charge in [0, 0.05) is 30.2 Å². The highest BCUT2D eigenvalue weighted by molar-refractivity contribution is 5.66. The van der Waals surface area contributed by atoms with E-state index in [0.717, 1.165) is 41.2 Å². The SMILES string of the molecule is CCN(CC)c1ccc(Nc2nncc(Nc3c(C)cccc3C)n2)c(C)c1. The predicted octanol–water partition coefficient (Wildman–Crippen LogP) is 5.13. The summed E-state index contributed by atoms with van der Waals surface area (Å²) in [5.41, 5.74) is 6.71. The molecule has 146 valence electrons. The van der Waals surface area contributed by atoms with Crippen LogP contribution in [0.2, 0.25) is 0 Å². The van der Waals surface area contributed by atoms with Crippen molar-refractivity contribution in [3.63, 3.8) is 0 Å². The van der Waals surface area contributed by atoms with Crippen LogP contribution in [-0.2, 0) is 0 Å². The Labute approximate surface area is 167 Å². The minimum atomic E-state index is 0.468. The van der Waals surface area contributed by atoms with Crippen LogP contribution in [0, 0.1) is 20.8 Å². The van der Waals surface area contributed by atoms with Gasteiger partial charge in [0.25, 0.3) is 0 Å². The van der Waals surface area contributed by atoms with Gasteiger partial charge in [-0.05, 0) is 69.5 Å². The van der Waals surface area contributed by atoms with Gasteiger partial charge in [-0.2, -0.15) is 10.1 Å². The Hall–Kier alpha value is -3.15. The molecule has 0 spiro atoms. The van der Waals surface area contributed by atoms with Gasteiger partial charge in [0.2, 0.25) is 5.95 Å². The zero-order valence-corrected chi connectivity index (χ0v) is 17.2. The lowest BCUT2D eigenvalue weighted by molar-refractivity contribution is 0.865. The molecule has 2 aromatic carbocycles. The number of nitrogens with one attached hydrogen (secondary N) is 2. The molecule has 0 saturated heterocycles. The molecular formula is C22H28N6. The van der Waals surface area contributed by atoms with E-state index < -0.39 is 0 Å². The van der Waals surface area contributed by atoms with Gasteiger partial charge in [-0.25, -0.2) is 0 Å². The Bertz CT molecular complexity index is 929. The monoisotopic (exact) mass is 376 g/mol. The summed E-state index contributed by atoms with van der Waals surface area (Å²) in [5.74, 6) is 1.13. The molecule has 3 aromatic rings. The fourth-order valence-corrected chi connectivity index (χ4v) is 3.25. The lowest BCUT2D eigenvalue weighted by Gasteiger charge is -2.22. The molecule has 0 amide bonds. The average molecular weight is 377 g/mol. The lowest BCUT2D eigenvalue weighted by atomic mass is 10.1. The van der Waals surface area contributed by atoms with Crippen molar-refractivity contribution in [2.45, 2.75) is 34.6 Å². The number of anilines is 5. The molecule has 1 heterocycles. The van der Waals surface area contributed by atoms with Gasteiger partial charge < -0.3 is 15.5 Å². The molecule has 0 atom stereocenters. The Morgan fingerprint density at radius 2 is 1.61 bits per heavy atom. The molecular weight excluding hydrogens is 348 g/mol. The smallest absolute Gasteiger partial charge is 0.249 e. The largest absolute Gasteiger partial charge is 0.372 e. The molecule has 6 heteroatoms. The van der Waals surface area contributed by atoms with E-state index >= 15 is 0 Å². The van der Waals surface area contributed by atoms with Crippen molar-refractivity contribution in [1.29, 1.82) is 0 Å². The van der Waals surface area contributed by atoms with Gasteiger partial charge in [0.05, 0.1) is 6.20 Å². The number of para-hydroxylation sites is 1. The molecule has 0 unspecified atom stereocenters. The van der Waals surface area contributed by atoms with Crippen molar-refractivity contribution >= 4 is 28.8 Å². The van der Waals surface area contributed by atoms with Crippen LogP contribution < -0.4 is 15.5 Å². The molecule has 0 aliphatic heterocycles. The molecule has 6 nitrogen and oxygen atoms in total. The molecule has 2 N–H and O–H groups in total. The van der Waals surface area contributed by atoms with E-state index in [1.54, 1.807) is 6.20 Å². The van der Waals surface area contributed by atoms with Gasteiger partial charge in [-0.15, -0.1) is 5.10 Å². The van der Waals surface area contributed by atoms with Crippen LogP contribution in [-0.4, -0.2) is 28.3 Å². The van der Waals surface area contributed by atoms with E-state index in [9.17, 15) is 0 Å². The summed E-state index contributed by atoms with van der Waals surface area (Å²) in [6.45, 7) is 12.5. The van der Waals surface area contributed by atoms with Crippen LogP contribution in [0.4, 0.5) is 28.8 Å². The molecule has 0 aliphatic rings. The molecule has 0 aliphatic carbocycles. The average Bonchev–Trinajstić information content (AvgIpc) is 2.68. The summed E-state index contributed by atoms with van der Waals surface area (Å²) in [4.78, 5) is 6.89. The van der Waals surface area contributed by atoms with Gasteiger partial charge in [0.15, 0.2) is 5.82 Å². The van der Waals surface area contributed by atoms with Crippen LogP contribution in [0.3, 0.4) is 0 Å². The van der Waals surface area contributed by atoms with Gasteiger partial charge in [0.1, 0.15) is 0 Å². The van der Waals surface area contributed by atoms with Gasteiger partial charge in [-0.1, -0.05) is 18.2 Å². The fourth-order valence-electron chi connectivity index (χ4n) is 3.25. The zero-order valence-electron chi connectivity index (χ0n) is 17.2. The number of aromatic nitrogens is 3. The van der Waals surface area contributed by atoms with Crippen LogP contribution in [0.1, 0.15) is 30.5 Å². The third kappa shape index (κ3) is 4.39. The minimum Gasteiger partial charge on any atom is -0.372 e. The first kappa shape index (κ1) is 19.6. The second kappa shape index (κ2) is 8.69. The number of aryl methyl sites for hydroxylation is 3. The summed E-state index contributed by atoms with van der Waals surface area (Å²) >= 11 is 0. The van der Waals surface area contributed by atoms with Crippen LogP contribution in [0.5, 0.6) is 0 Å². The third-order valence-electron chi connectivity index (χ3n) is 4.88. The van der Waals surface area contributed by atoms with Crippen LogP contribution >= 0.6 is 0 Å². The second-order valence-corrected chi connectivity index (χ2v) is 6.85. The standard InChI is InChI=1S/C22H28N6/c1-6-28(7-2)18-11-12-19(17(5)13-18)24-22-26-20(14-23-27-22)25-21-15(3)9-8-10-16(21)4/h8-14H,6-7H2,1-5H3,(H2,24,25,26,27). The van der Waals surface area contributed by atoms with Gasteiger partial charge in [-0.3, -0.25) is 0 Å². The lowest BCUT2D eigenvalue weighted by Crippen LogP contribution is -2.21. The van der Waals surface area contributed by atoms with Crippen LogP contribution in [0.25, 0.3) is 0 Å². The van der Waals surface area contributed by atoms with Crippen molar-refractivity contribution in [3.8, 4) is 0 Å². The highest BCUT2D eigenvalue weighted by Gasteiger charge is 2.09. The number of hydrogen-bond acceptors (Lipinski definition) is 6. The Kier molecular flexibility index (Phi) is 6.09. The van der Waals surface area contributed by atoms with Crippen molar-refractivity contribution in [2.75, 3.05) is 28.6 Å². The molecule has 0 radical (unpaired) electrons. The van der Waals surface area contributed by atoms with Crippen molar-refractivity contribution in [2.24, 2.45) is 0 Å². The van der Waals surface area contributed by atoms with Crippen LogP contribution in [0.15, 0.2) is 42.6 Å². The molecule has 0 fully saturated rings. The summed E-state index contributed by atoms with van der Waals surface area (Å²) < 4.78 is 0. The van der Waals surface area contributed by atoms with Crippen molar-refractivity contribution < 1.29 is 0 Å². The predicted molar refractivity (Wildman–Crippen MR) is 117 cm³/mol. The first-order valence-electron chi connectivity index (χ1n) is 9.67. The summed E-state index contributed by atoms with van der Waals surface area (Å²) in [6.07, 6.45) is 1.63. The first-order chi connectivity index (χ1) is 13.5. The van der Waals surface area contributed by atoms with E-state index in [1.807, 2.05) is 6.07 Å². The normalized spacial score (nSPS) is 10.6. The maximum absolute atomic E-state index is 4.57. The highest BCUT2D eigenvalue weighted by Crippen LogP contribution is 2.26. The molecule has 0 bridgehead atoms. The number of hydrogen-bond donors (Lipinski definition) is 2. The van der Waals surface area contributed by atoms with E-state index in [-0.39, 0.29) is 0 Å². The van der Waals surface area contributed by atoms with Crippen molar-refractivity contribution in [3.05, 3.63) is 59.3 Å². The maximum Gasteiger partial charge on any atom is 0.249 e. The summed E-state index contributed by atoms with van der Waals surface area (Å²) in [7, 11) is 0. The first-order valence-corrected chi connectivity index (χ1v) is 9.67. The van der Waals surface area contributed by atoms with E-state index in [0.29, 0.717) is 11.8 Å². The third-order valence-corrected chi connectivity index (χ3v) is 4.88. The number of benzene rings is 2. The molecule has 28 heavy (non-hydrogen) atoms. The van der Waals surface area contributed by atoms with Gasteiger partial charge >= 0.3 is 0 Å². The fraction of sp³-hybridized carbons (Fsp3) is 0.318. The Morgan fingerprint density at radius 3 is 2.25 bits per heavy atom. The van der Waals surface area contributed by atoms with E-state index in [1.165, 1.54) is 5.69 Å². The minimum absolute atomic E-state index is 0.468. The maximum atomic E-state index is 4.57. The molecule has 0 saturated carbocycles. The topological polar surface area (TPSA) is 66.0 Å². The Balaban J connectivity index is 1.80. The van der Waals surface area contributed by atoms with E-state index in [2.05, 4.69) is 95.7 Å². The van der Waals surface area contributed by atoms with E-state index in [4.69, 9.17) is 0 Å². The summed E-state index contributed by atoms with van der Waals surface area (Å²) in [5, 5.41) is 14.9. The van der Waals surface area contributed by atoms with Crippen molar-refractivity contribution in [1.82, 2.24) is 15.2 Å². The highest BCUT2D eigenvalue weighted by atomic mass is 15.3. The number of nitrogens with zero attached hydrogens (tertiary/aromatic N) is 4. The quantitative estimate of drug-likeness (QED) is 0.596. The second-order valence-electron chi connectivity index (χ2n) is 6.85. The number of rotatable bonds is 7.